The molecule has 0 aliphatic rings. The molecule has 8 heteroatoms. The number of nitro benzene ring substituents is 1. The number of pyridine rings is 1. The maximum absolute atomic E-state index is 12.9. The molecule has 0 unspecified atom stereocenters. The summed E-state index contributed by atoms with van der Waals surface area (Å²) in [5.41, 5.74) is 0.387. The predicted octanol–water partition coefficient (Wildman–Crippen LogP) is 4.17. The number of carbonyl (C=O) groups excluding carboxylic acids is 1. The van der Waals surface area contributed by atoms with Gasteiger partial charge in [0.05, 0.1) is 16.8 Å². The van der Waals surface area contributed by atoms with Crippen molar-refractivity contribution in [2.75, 3.05) is 5.32 Å². The van der Waals surface area contributed by atoms with Crippen LogP contribution in [0.4, 0.5) is 15.8 Å². The zero-order chi connectivity index (χ0) is 18.5. The molecule has 1 aromatic heterocycles. The van der Waals surface area contributed by atoms with Gasteiger partial charge in [-0.1, -0.05) is 6.07 Å². The lowest BCUT2D eigenvalue weighted by molar-refractivity contribution is -0.384. The number of halogens is 1. The molecule has 0 spiro atoms. The van der Waals surface area contributed by atoms with Crippen molar-refractivity contribution in [3.05, 3.63) is 88.4 Å². The van der Waals surface area contributed by atoms with E-state index >= 15 is 0 Å². The third-order valence-corrected chi connectivity index (χ3v) is 3.35. The average Bonchev–Trinajstić information content (AvgIpc) is 2.65. The van der Waals surface area contributed by atoms with Crippen LogP contribution in [0.25, 0.3) is 0 Å². The van der Waals surface area contributed by atoms with Crippen molar-refractivity contribution >= 4 is 17.3 Å². The highest BCUT2D eigenvalue weighted by atomic mass is 19.1. The molecule has 1 N–H and O–H groups in total. The highest BCUT2D eigenvalue weighted by molar-refractivity contribution is 6.04. The minimum atomic E-state index is -0.570. The molecule has 2 aromatic carbocycles. The Morgan fingerprint density at radius 1 is 1.12 bits per heavy atom. The Bertz CT molecular complexity index is 943. The number of nitrogens with one attached hydrogen (secondary N) is 1. The molecular formula is C18H12FN3O4. The van der Waals surface area contributed by atoms with Crippen LogP contribution in [-0.2, 0) is 0 Å². The van der Waals surface area contributed by atoms with Crippen LogP contribution in [0.3, 0.4) is 0 Å². The molecule has 0 bridgehead atoms. The summed E-state index contributed by atoms with van der Waals surface area (Å²) < 4.78 is 18.3. The van der Waals surface area contributed by atoms with E-state index in [4.69, 9.17) is 4.74 Å². The number of carbonyl (C=O) groups is 1. The number of benzene rings is 2. The van der Waals surface area contributed by atoms with Crippen molar-refractivity contribution < 1.29 is 18.8 Å². The van der Waals surface area contributed by atoms with Crippen molar-refractivity contribution in [2.24, 2.45) is 0 Å². The Balaban J connectivity index is 1.67. The number of anilines is 1. The van der Waals surface area contributed by atoms with Crippen molar-refractivity contribution in [2.45, 2.75) is 0 Å². The van der Waals surface area contributed by atoms with Crippen LogP contribution < -0.4 is 10.1 Å². The first-order chi connectivity index (χ1) is 12.5. The van der Waals surface area contributed by atoms with Gasteiger partial charge in [0.1, 0.15) is 11.6 Å². The smallest absolute Gasteiger partial charge is 0.270 e. The molecule has 1 heterocycles. The van der Waals surface area contributed by atoms with Gasteiger partial charge < -0.3 is 10.1 Å². The highest BCUT2D eigenvalue weighted by Crippen LogP contribution is 2.21. The fourth-order valence-corrected chi connectivity index (χ4v) is 2.10. The maximum atomic E-state index is 12.9. The normalized spacial score (nSPS) is 10.2. The van der Waals surface area contributed by atoms with Crippen LogP contribution in [-0.4, -0.2) is 15.8 Å². The van der Waals surface area contributed by atoms with Gasteiger partial charge in [-0.2, -0.15) is 0 Å². The van der Waals surface area contributed by atoms with Gasteiger partial charge in [-0.15, -0.1) is 0 Å². The molecule has 0 aliphatic heterocycles. The van der Waals surface area contributed by atoms with Gasteiger partial charge in [-0.3, -0.25) is 14.9 Å². The van der Waals surface area contributed by atoms with E-state index in [1.54, 1.807) is 6.07 Å². The van der Waals surface area contributed by atoms with Gasteiger partial charge in [0.25, 0.3) is 11.6 Å². The molecule has 0 aliphatic carbocycles. The average molecular weight is 353 g/mol. The molecule has 0 radical (unpaired) electrons. The molecule has 7 nitrogen and oxygen atoms in total. The van der Waals surface area contributed by atoms with Crippen LogP contribution in [0.5, 0.6) is 11.6 Å². The summed E-state index contributed by atoms with van der Waals surface area (Å²) in [6, 6.07) is 14.0. The number of rotatable bonds is 5. The number of ether oxygens (including phenoxy) is 1. The summed E-state index contributed by atoms with van der Waals surface area (Å²) in [4.78, 5) is 26.4. The molecular weight excluding hydrogens is 341 g/mol. The largest absolute Gasteiger partial charge is 0.439 e. The van der Waals surface area contributed by atoms with Crippen LogP contribution in [0, 0.1) is 15.9 Å². The second-order valence-electron chi connectivity index (χ2n) is 5.20. The first-order valence-electron chi connectivity index (χ1n) is 7.46. The first kappa shape index (κ1) is 17.0. The van der Waals surface area contributed by atoms with Crippen molar-refractivity contribution in [1.82, 2.24) is 4.98 Å². The van der Waals surface area contributed by atoms with Gasteiger partial charge in [-0.25, -0.2) is 9.37 Å². The van der Waals surface area contributed by atoms with E-state index in [-0.39, 0.29) is 22.9 Å². The number of hydrogen-bond acceptors (Lipinski definition) is 5. The van der Waals surface area contributed by atoms with Crippen LogP contribution in [0.2, 0.25) is 0 Å². The Kier molecular flexibility index (Phi) is 4.84. The summed E-state index contributed by atoms with van der Waals surface area (Å²) in [5.74, 6) is -0.176. The molecule has 0 saturated heterocycles. The Labute approximate surface area is 147 Å². The lowest BCUT2D eigenvalue weighted by Crippen LogP contribution is -2.12. The zero-order valence-electron chi connectivity index (χ0n) is 13.3. The van der Waals surface area contributed by atoms with Crippen molar-refractivity contribution in [1.29, 1.82) is 0 Å². The van der Waals surface area contributed by atoms with Gasteiger partial charge in [-0.05, 0) is 36.4 Å². The van der Waals surface area contributed by atoms with Crippen LogP contribution in [0.15, 0.2) is 66.9 Å². The van der Waals surface area contributed by atoms with Gasteiger partial charge in [0.15, 0.2) is 0 Å². The maximum Gasteiger partial charge on any atom is 0.270 e. The molecule has 3 aromatic rings. The van der Waals surface area contributed by atoms with E-state index in [1.165, 1.54) is 60.8 Å². The van der Waals surface area contributed by atoms with Crippen molar-refractivity contribution in [3.8, 4) is 11.6 Å². The Hall–Kier alpha value is -3.81. The number of nitrogens with zero attached hydrogens (tertiary/aromatic N) is 2. The Morgan fingerprint density at radius 3 is 2.54 bits per heavy atom. The van der Waals surface area contributed by atoms with Gasteiger partial charge in [0.2, 0.25) is 5.88 Å². The monoisotopic (exact) mass is 353 g/mol. The summed E-state index contributed by atoms with van der Waals surface area (Å²) in [5, 5.41) is 13.4. The topological polar surface area (TPSA) is 94.4 Å². The molecule has 3 rings (SSSR count). The fourth-order valence-electron chi connectivity index (χ4n) is 2.10. The molecule has 0 atom stereocenters. The number of nitro groups is 1. The number of aromatic nitrogens is 1. The zero-order valence-corrected chi connectivity index (χ0v) is 13.3. The second-order valence-corrected chi connectivity index (χ2v) is 5.20. The van der Waals surface area contributed by atoms with Crippen molar-refractivity contribution in [3.63, 3.8) is 0 Å². The summed E-state index contributed by atoms with van der Waals surface area (Å²) in [6.45, 7) is 0. The summed E-state index contributed by atoms with van der Waals surface area (Å²) >= 11 is 0. The van der Waals surface area contributed by atoms with E-state index < -0.39 is 10.8 Å². The molecule has 26 heavy (non-hydrogen) atoms. The van der Waals surface area contributed by atoms with E-state index in [1.807, 2.05) is 0 Å². The quantitative estimate of drug-likeness (QED) is 0.549. The first-order valence-corrected chi connectivity index (χ1v) is 7.46. The highest BCUT2D eigenvalue weighted by Gasteiger charge is 2.12. The summed E-state index contributed by atoms with van der Waals surface area (Å²) in [7, 11) is 0. The minimum absolute atomic E-state index is 0.158. The standard InChI is InChI=1S/C18H12FN3O4/c19-13-4-7-16(8-5-13)26-17-9-6-14(11-20-17)21-18(23)12-2-1-3-15(10-12)22(24)25/h1-11H,(H,21,23). The van der Waals surface area contributed by atoms with E-state index in [0.29, 0.717) is 11.4 Å². The van der Waals surface area contributed by atoms with Gasteiger partial charge >= 0.3 is 0 Å². The third-order valence-electron chi connectivity index (χ3n) is 3.35. The van der Waals surface area contributed by atoms with Gasteiger partial charge in [0, 0.05) is 23.8 Å². The SMILES string of the molecule is O=C(Nc1ccc(Oc2ccc(F)cc2)nc1)c1cccc([N+](=O)[O-])c1. The molecule has 1 amide bonds. The Morgan fingerprint density at radius 2 is 1.88 bits per heavy atom. The van der Waals surface area contributed by atoms with Crippen LogP contribution in [0.1, 0.15) is 10.4 Å². The second kappa shape index (κ2) is 7.39. The number of amides is 1. The van der Waals surface area contributed by atoms with E-state index in [9.17, 15) is 19.3 Å². The minimum Gasteiger partial charge on any atom is -0.439 e. The lowest BCUT2D eigenvalue weighted by Gasteiger charge is -2.07. The van der Waals surface area contributed by atoms with Crippen LogP contribution >= 0.6 is 0 Å². The lowest BCUT2D eigenvalue weighted by atomic mass is 10.2. The number of non-ortho nitro benzene ring substituents is 1. The van der Waals surface area contributed by atoms with E-state index in [2.05, 4.69) is 10.3 Å². The summed E-state index contributed by atoms with van der Waals surface area (Å²) in [6.07, 6.45) is 1.38. The molecule has 0 fully saturated rings. The number of hydrogen-bond donors (Lipinski definition) is 1. The predicted molar refractivity (Wildman–Crippen MR) is 91.8 cm³/mol. The molecule has 0 saturated carbocycles. The third kappa shape index (κ3) is 4.18. The molecule has 130 valence electrons. The van der Waals surface area contributed by atoms with E-state index in [0.717, 1.165) is 0 Å². The fraction of sp³-hybridized carbons (Fsp3) is 0.